The van der Waals surface area contributed by atoms with E-state index < -0.39 is 23.6 Å². The van der Waals surface area contributed by atoms with Crippen LogP contribution in [0.4, 0.5) is 17.6 Å². The van der Waals surface area contributed by atoms with Gasteiger partial charge in [-0.1, -0.05) is 0 Å². The molecule has 1 aromatic carbocycles. The third kappa shape index (κ3) is 3.41. The van der Waals surface area contributed by atoms with E-state index in [9.17, 15) is 17.6 Å². The Labute approximate surface area is 119 Å². The van der Waals surface area contributed by atoms with Crippen LogP contribution in [0.5, 0.6) is 0 Å². The first-order chi connectivity index (χ1) is 9.82. The summed E-state index contributed by atoms with van der Waals surface area (Å²) in [7, 11) is 3.30. The molecule has 0 fully saturated rings. The van der Waals surface area contributed by atoms with E-state index in [2.05, 4.69) is 10.3 Å². The van der Waals surface area contributed by atoms with Crippen LogP contribution in [-0.2, 0) is 19.6 Å². The molecule has 114 valence electrons. The van der Waals surface area contributed by atoms with Crippen LogP contribution in [0.3, 0.4) is 0 Å². The number of nitrogens with zero attached hydrogens (tertiary/aromatic N) is 2. The highest BCUT2D eigenvalue weighted by Crippen LogP contribution is 2.35. The maximum absolute atomic E-state index is 13.4. The number of imidazole rings is 1. The van der Waals surface area contributed by atoms with Crippen LogP contribution in [0.1, 0.15) is 23.0 Å². The van der Waals surface area contributed by atoms with E-state index in [-0.39, 0.29) is 12.0 Å². The Bertz CT molecular complexity index is 619. The van der Waals surface area contributed by atoms with Crippen LogP contribution >= 0.6 is 0 Å². The summed E-state index contributed by atoms with van der Waals surface area (Å²) in [6.07, 6.45) is -1.02. The third-order valence-corrected chi connectivity index (χ3v) is 3.35. The van der Waals surface area contributed by atoms with Crippen molar-refractivity contribution in [3.05, 3.63) is 53.4 Å². The normalized spacial score (nSPS) is 13.4. The molecule has 0 aliphatic rings. The van der Waals surface area contributed by atoms with Crippen LogP contribution in [0.15, 0.2) is 30.6 Å². The number of hydrogen-bond acceptors (Lipinski definition) is 2. The monoisotopic (exact) mass is 301 g/mol. The van der Waals surface area contributed by atoms with E-state index in [0.717, 1.165) is 18.2 Å². The fraction of sp³-hybridized carbons (Fsp3) is 0.357. The van der Waals surface area contributed by atoms with Gasteiger partial charge in [-0.3, -0.25) is 0 Å². The van der Waals surface area contributed by atoms with Crippen molar-refractivity contribution in [2.24, 2.45) is 7.05 Å². The van der Waals surface area contributed by atoms with Crippen molar-refractivity contribution in [3.8, 4) is 0 Å². The molecule has 1 aromatic heterocycles. The van der Waals surface area contributed by atoms with Crippen molar-refractivity contribution in [1.29, 1.82) is 0 Å². The number of benzene rings is 1. The molecule has 0 bridgehead atoms. The molecule has 21 heavy (non-hydrogen) atoms. The topological polar surface area (TPSA) is 29.9 Å². The van der Waals surface area contributed by atoms with Gasteiger partial charge in [-0.2, -0.15) is 13.2 Å². The van der Waals surface area contributed by atoms with Crippen molar-refractivity contribution in [2.45, 2.75) is 18.6 Å². The second kappa shape index (κ2) is 5.85. The Kier molecular flexibility index (Phi) is 4.32. The standard InChI is InChI=1S/C14H15F4N3/c1-19-12(8-13-20-5-6-21(13)2)10-7-9(15)3-4-11(10)14(16,17)18/h3-7,12,19H,8H2,1-2H3. The largest absolute Gasteiger partial charge is 0.416 e. The summed E-state index contributed by atoms with van der Waals surface area (Å²) in [4.78, 5) is 4.09. The first-order valence-corrected chi connectivity index (χ1v) is 6.33. The average molecular weight is 301 g/mol. The van der Waals surface area contributed by atoms with Gasteiger partial charge in [0.1, 0.15) is 11.6 Å². The molecule has 0 aliphatic carbocycles. The highest BCUT2D eigenvalue weighted by molar-refractivity contribution is 5.33. The summed E-state index contributed by atoms with van der Waals surface area (Å²) < 4.78 is 54.3. The van der Waals surface area contributed by atoms with Gasteiger partial charge in [-0.05, 0) is 30.8 Å². The zero-order valence-electron chi connectivity index (χ0n) is 11.6. The Morgan fingerprint density at radius 1 is 1.33 bits per heavy atom. The SMILES string of the molecule is CNC(Cc1nccn1C)c1cc(F)ccc1C(F)(F)F. The number of rotatable bonds is 4. The number of nitrogens with one attached hydrogen (secondary N) is 1. The summed E-state index contributed by atoms with van der Waals surface area (Å²) in [5, 5.41) is 2.80. The van der Waals surface area contributed by atoms with Crippen LogP contribution in [0, 0.1) is 5.82 Å². The maximum atomic E-state index is 13.4. The number of halogens is 4. The molecule has 0 radical (unpaired) electrons. The van der Waals surface area contributed by atoms with Gasteiger partial charge in [0.25, 0.3) is 0 Å². The quantitative estimate of drug-likeness (QED) is 0.880. The van der Waals surface area contributed by atoms with Gasteiger partial charge in [0.15, 0.2) is 0 Å². The Balaban J connectivity index is 2.42. The minimum Gasteiger partial charge on any atom is -0.338 e. The molecule has 0 amide bonds. The lowest BCUT2D eigenvalue weighted by molar-refractivity contribution is -0.138. The lowest BCUT2D eigenvalue weighted by atomic mass is 9.97. The van der Waals surface area contributed by atoms with Crippen LogP contribution in [0.25, 0.3) is 0 Å². The summed E-state index contributed by atoms with van der Waals surface area (Å²) in [5.41, 5.74) is -0.953. The molecular weight excluding hydrogens is 286 g/mol. The fourth-order valence-corrected chi connectivity index (χ4v) is 2.22. The van der Waals surface area contributed by atoms with Gasteiger partial charge >= 0.3 is 6.18 Å². The number of aryl methyl sites for hydroxylation is 1. The number of aromatic nitrogens is 2. The van der Waals surface area contributed by atoms with Gasteiger partial charge in [0.2, 0.25) is 0 Å². The summed E-state index contributed by atoms with van der Waals surface area (Å²) in [6.45, 7) is 0. The van der Waals surface area contributed by atoms with E-state index in [4.69, 9.17) is 0 Å². The van der Waals surface area contributed by atoms with Crippen LogP contribution < -0.4 is 5.32 Å². The minimum absolute atomic E-state index is 0.118. The number of hydrogen-bond donors (Lipinski definition) is 1. The van der Waals surface area contributed by atoms with Crippen molar-refractivity contribution in [2.75, 3.05) is 7.05 Å². The van der Waals surface area contributed by atoms with E-state index in [1.165, 1.54) is 0 Å². The van der Waals surface area contributed by atoms with Crippen molar-refractivity contribution >= 4 is 0 Å². The van der Waals surface area contributed by atoms with Gasteiger partial charge in [0.05, 0.1) is 5.56 Å². The third-order valence-electron chi connectivity index (χ3n) is 3.35. The smallest absolute Gasteiger partial charge is 0.338 e. The van der Waals surface area contributed by atoms with Crippen molar-refractivity contribution in [1.82, 2.24) is 14.9 Å². The molecule has 7 heteroatoms. The molecule has 1 N–H and O–H groups in total. The van der Waals surface area contributed by atoms with Crippen molar-refractivity contribution in [3.63, 3.8) is 0 Å². The molecular formula is C14H15F4N3. The average Bonchev–Trinajstić information content (AvgIpc) is 2.79. The highest BCUT2D eigenvalue weighted by atomic mass is 19.4. The molecule has 2 rings (SSSR count). The molecule has 0 saturated heterocycles. The van der Waals surface area contributed by atoms with Crippen LogP contribution in [-0.4, -0.2) is 16.6 Å². The molecule has 0 spiro atoms. The summed E-state index contributed by atoms with van der Waals surface area (Å²) in [5.74, 6) is -0.0789. The molecule has 1 atom stereocenters. The highest BCUT2D eigenvalue weighted by Gasteiger charge is 2.35. The Morgan fingerprint density at radius 2 is 2.05 bits per heavy atom. The van der Waals surface area contributed by atoms with Gasteiger partial charge in [0, 0.05) is 31.9 Å². The molecule has 1 heterocycles. The molecule has 1 unspecified atom stereocenters. The minimum atomic E-state index is -4.53. The lowest BCUT2D eigenvalue weighted by Crippen LogP contribution is -2.24. The lowest BCUT2D eigenvalue weighted by Gasteiger charge is -2.21. The predicted octanol–water partition coefficient (Wildman–Crippen LogP) is 3.08. The molecule has 0 saturated carbocycles. The second-order valence-electron chi connectivity index (χ2n) is 4.73. The second-order valence-corrected chi connectivity index (χ2v) is 4.73. The predicted molar refractivity (Wildman–Crippen MR) is 70.1 cm³/mol. The fourth-order valence-electron chi connectivity index (χ4n) is 2.22. The molecule has 3 nitrogen and oxygen atoms in total. The Hall–Kier alpha value is -1.89. The van der Waals surface area contributed by atoms with E-state index >= 15 is 0 Å². The van der Waals surface area contributed by atoms with E-state index in [1.807, 2.05) is 0 Å². The van der Waals surface area contributed by atoms with E-state index in [1.54, 1.807) is 31.1 Å². The first-order valence-electron chi connectivity index (χ1n) is 6.33. The van der Waals surface area contributed by atoms with Gasteiger partial charge in [-0.15, -0.1) is 0 Å². The van der Waals surface area contributed by atoms with Gasteiger partial charge in [-0.25, -0.2) is 9.37 Å². The first kappa shape index (κ1) is 15.5. The zero-order chi connectivity index (χ0) is 15.6. The van der Waals surface area contributed by atoms with Crippen molar-refractivity contribution < 1.29 is 17.6 Å². The summed E-state index contributed by atoms with van der Waals surface area (Å²) >= 11 is 0. The Morgan fingerprint density at radius 3 is 2.57 bits per heavy atom. The van der Waals surface area contributed by atoms with E-state index in [0.29, 0.717) is 5.82 Å². The maximum Gasteiger partial charge on any atom is 0.416 e. The van der Waals surface area contributed by atoms with Crippen LogP contribution in [0.2, 0.25) is 0 Å². The molecule has 2 aromatic rings. The summed E-state index contributed by atoms with van der Waals surface area (Å²) in [6, 6.07) is 1.83. The number of likely N-dealkylation sites (N-methyl/N-ethyl adjacent to an activating group) is 1. The molecule has 0 aliphatic heterocycles. The van der Waals surface area contributed by atoms with Gasteiger partial charge < -0.3 is 9.88 Å². The number of alkyl halides is 3. The zero-order valence-corrected chi connectivity index (χ0v) is 11.6.